The van der Waals surface area contributed by atoms with Crippen molar-refractivity contribution in [1.82, 2.24) is 0 Å². The van der Waals surface area contributed by atoms with Gasteiger partial charge in [0.2, 0.25) is 5.91 Å². The van der Waals surface area contributed by atoms with Gasteiger partial charge in [-0.2, -0.15) is 0 Å². The van der Waals surface area contributed by atoms with Gasteiger partial charge in [-0.1, -0.05) is 34.8 Å². The van der Waals surface area contributed by atoms with Gasteiger partial charge in [0.1, 0.15) is 0 Å². The lowest BCUT2D eigenvalue weighted by Gasteiger charge is -2.25. The number of hydrogen-bond acceptors (Lipinski definition) is 3. The molecular formula is C12H13Cl3N2O2. The van der Waals surface area contributed by atoms with E-state index in [0.29, 0.717) is 27.4 Å². The van der Waals surface area contributed by atoms with Gasteiger partial charge >= 0.3 is 0 Å². The van der Waals surface area contributed by atoms with Crippen molar-refractivity contribution >= 4 is 46.4 Å². The normalized spacial score (nSPS) is 26.5. The highest BCUT2D eigenvalue weighted by Gasteiger charge is 2.44. The van der Waals surface area contributed by atoms with Crippen LogP contribution < -0.4 is 11.1 Å². The Hall–Kier alpha value is -0.520. The van der Waals surface area contributed by atoms with Gasteiger partial charge in [0.05, 0.1) is 39.4 Å². The summed E-state index contributed by atoms with van der Waals surface area (Å²) in [5.74, 6) is -0.252. The fourth-order valence-corrected chi connectivity index (χ4v) is 2.40. The summed E-state index contributed by atoms with van der Waals surface area (Å²) in [6, 6.07) is 2.64. The molecule has 1 heterocycles. The van der Waals surface area contributed by atoms with Gasteiger partial charge in [0.25, 0.3) is 0 Å². The van der Waals surface area contributed by atoms with Crippen LogP contribution in [0.2, 0.25) is 15.1 Å². The number of rotatable bonds is 2. The molecule has 104 valence electrons. The van der Waals surface area contributed by atoms with E-state index in [-0.39, 0.29) is 18.6 Å². The lowest BCUT2D eigenvalue weighted by Crippen LogP contribution is -2.47. The van der Waals surface area contributed by atoms with Gasteiger partial charge in [-0.15, -0.1) is 0 Å². The summed E-state index contributed by atoms with van der Waals surface area (Å²) in [5.41, 5.74) is 5.52. The van der Waals surface area contributed by atoms with Crippen molar-refractivity contribution in [2.75, 3.05) is 18.5 Å². The van der Waals surface area contributed by atoms with Crippen LogP contribution in [0.25, 0.3) is 0 Å². The molecule has 1 aromatic carbocycles. The van der Waals surface area contributed by atoms with E-state index in [1.807, 2.05) is 0 Å². The monoisotopic (exact) mass is 322 g/mol. The lowest BCUT2D eigenvalue weighted by molar-refractivity contribution is -0.125. The molecule has 1 aromatic rings. The largest absolute Gasteiger partial charge is 0.379 e. The molecule has 0 bridgehead atoms. The summed E-state index contributed by atoms with van der Waals surface area (Å²) in [4.78, 5) is 12.3. The zero-order valence-electron chi connectivity index (χ0n) is 10.2. The third kappa shape index (κ3) is 2.83. The summed E-state index contributed by atoms with van der Waals surface area (Å²) < 4.78 is 5.24. The van der Waals surface area contributed by atoms with Crippen molar-refractivity contribution in [3.8, 4) is 0 Å². The molecule has 1 aliphatic heterocycles. The molecule has 0 saturated carbocycles. The smallest absolute Gasteiger partial charge is 0.234 e. The molecule has 4 nitrogen and oxygen atoms in total. The average Bonchev–Trinajstić information content (AvgIpc) is 2.68. The Kier molecular flexibility index (Phi) is 4.28. The standard InChI is InChI=1S/C12H13Cl3N2O2/c1-12(5-19-4-10(12)16)11(18)17-9-3-7(14)6(13)2-8(9)15/h2-3,10H,4-5,16H2,1H3,(H,17,18). The number of anilines is 1. The van der Waals surface area contributed by atoms with E-state index in [4.69, 9.17) is 45.3 Å². The first kappa shape index (κ1) is 14.9. The van der Waals surface area contributed by atoms with Crippen molar-refractivity contribution in [3.63, 3.8) is 0 Å². The van der Waals surface area contributed by atoms with Gasteiger partial charge in [-0.25, -0.2) is 0 Å². The molecule has 1 aliphatic rings. The molecule has 1 amide bonds. The molecule has 0 aliphatic carbocycles. The Morgan fingerprint density at radius 1 is 1.37 bits per heavy atom. The maximum Gasteiger partial charge on any atom is 0.234 e. The van der Waals surface area contributed by atoms with Crippen molar-refractivity contribution in [3.05, 3.63) is 27.2 Å². The van der Waals surface area contributed by atoms with Crippen LogP contribution in [0, 0.1) is 5.41 Å². The van der Waals surface area contributed by atoms with Gasteiger partial charge < -0.3 is 15.8 Å². The Morgan fingerprint density at radius 2 is 2.00 bits per heavy atom. The molecule has 3 N–H and O–H groups in total. The van der Waals surface area contributed by atoms with Crippen molar-refractivity contribution < 1.29 is 9.53 Å². The second kappa shape index (κ2) is 5.46. The van der Waals surface area contributed by atoms with Gasteiger partial charge in [-0.3, -0.25) is 4.79 Å². The van der Waals surface area contributed by atoms with Crippen LogP contribution in [0.3, 0.4) is 0 Å². The van der Waals surface area contributed by atoms with Crippen LogP contribution >= 0.6 is 34.8 Å². The molecule has 0 radical (unpaired) electrons. The maximum atomic E-state index is 12.3. The Labute approximate surface area is 126 Å². The van der Waals surface area contributed by atoms with Gasteiger partial charge in [0, 0.05) is 6.04 Å². The number of benzene rings is 1. The molecule has 2 atom stereocenters. The summed E-state index contributed by atoms with van der Waals surface area (Å²) in [6.45, 7) is 2.39. The van der Waals surface area contributed by atoms with Crippen molar-refractivity contribution in [1.29, 1.82) is 0 Å². The van der Waals surface area contributed by atoms with Gasteiger partial charge in [-0.05, 0) is 19.1 Å². The Morgan fingerprint density at radius 3 is 2.58 bits per heavy atom. The maximum absolute atomic E-state index is 12.3. The highest BCUT2D eigenvalue weighted by atomic mass is 35.5. The highest BCUT2D eigenvalue weighted by Crippen LogP contribution is 2.34. The molecule has 7 heteroatoms. The number of halogens is 3. The molecule has 2 unspecified atom stereocenters. The minimum Gasteiger partial charge on any atom is -0.379 e. The topological polar surface area (TPSA) is 64.3 Å². The second-order valence-corrected chi connectivity index (χ2v) is 5.96. The highest BCUT2D eigenvalue weighted by molar-refractivity contribution is 6.44. The van der Waals surface area contributed by atoms with E-state index in [0.717, 1.165) is 0 Å². The molecular weight excluding hydrogens is 311 g/mol. The number of nitrogens with one attached hydrogen (secondary N) is 1. The van der Waals surface area contributed by atoms with Crippen molar-refractivity contribution in [2.24, 2.45) is 11.1 Å². The minimum absolute atomic E-state index is 0.252. The first-order chi connectivity index (χ1) is 8.84. The summed E-state index contributed by atoms with van der Waals surface area (Å²) in [5, 5.41) is 3.68. The fourth-order valence-electron chi connectivity index (χ4n) is 1.81. The molecule has 0 aromatic heterocycles. The molecule has 1 saturated heterocycles. The minimum atomic E-state index is -0.782. The van der Waals surface area contributed by atoms with Crippen molar-refractivity contribution in [2.45, 2.75) is 13.0 Å². The van der Waals surface area contributed by atoms with E-state index in [9.17, 15) is 4.79 Å². The van der Waals surface area contributed by atoms with E-state index < -0.39 is 5.41 Å². The second-order valence-electron chi connectivity index (χ2n) is 4.74. The lowest BCUT2D eigenvalue weighted by atomic mass is 9.85. The Balaban J connectivity index is 2.22. The predicted molar refractivity (Wildman–Crippen MR) is 77.0 cm³/mol. The number of hydrogen-bond donors (Lipinski definition) is 2. The molecule has 1 fully saturated rings. The van der Waals surface area contributed by atoms with Crippen LogP contribution in [0.1, 0.15) is 6.92 Å². The summed E-state index contributed by atoms with van der Waals surface area (Å²) >= 11 is 17.7. The number of carbonyl (C=O) groups excluding carboxylic acids is 1. The molecule has 2 rings (SSSR count). The van der Waals surface area contributed by atoms with E-state index >= 15 is 0 Å². The van der Waals surface area contributed by atoms with Crippen LogP contribution in [0.15, 0.2) is 12.1 Å². The quantitative estimate of drug-likeness (QED) is 0.822. The average molecular weight is 324 g/mol. The van der Waals surface area contributed by atoms with E-state index in [2.05, 4.69) is 5.32 Å². The van der Waals surface area contributed by atoms with Crippen LogP contribution in [0.4, 0.5) is 5.69 Å². The molecule has 19 heavy (non-hydrogen) atoms. The number of nitrogens with two attached hydrogens (primary N) is 1. The van der Waals surface area contributed by atoms with E-state index in [1.54, 1.807) is 6.92 Å². The predicted octanol–water partition coefficient (Wildman–Crippen LogP) is 2.95. The SMILES string of the molecule is CC1(C(=O)Nc2cc(Cl)c(Cl)cc2Cl)COCC1N. The Bertz CT molecular complexity index is 524. The zero-order valence-corrected chi connectivity index (χ0v) is 12.4. The number of amides is 1. The third-order valence-electron chi connectivity index (χ3n) is 3.29. The summed E-state index contributed by atoms with van der Waals surface area (Å²) in [7, 11) is 0. The zero-order chi connectivity index (χ0) is 14.2. The van der Waals surface area contributed by atoms with Crippen LogP contribution in [-0.2, 0) is 9.53 Å². The number of carbonyl (C=O) groups is 1. The van der Waals surface area contributed by atoms with E-state index in [1.165, 1.54) is 12.1 Å². The third-order valence-corrected chi connectivity index (χ3v) is 4.33. The first-order valence-corrected chi connectivity index (χ1v) is 6.77. The van der Waals surface area contributed by atoms with Gasteiger partial charge in [0.15, 0.2) is 0 Å². The molecule has 0 spiro atoms. The summed E-state index contributed by atoms with van der Waals surface area (Å²) in [6.07, 6.45) is 0. The number of ether oxygens (including phenoxy) is 1. The fraction of sp³-hybridized carbons (Fsp3) is 0.417. The first-order valence-electron chi connectivity index (χ1n) is 5.64. The van der Waals surface area contributed by atoms with Crippen LogP contribution in [-0.4, -0.2) is 25.2 Å². The van der Waals surface area contributed by atoms with Crippen LogP contribution in [0.5, 0.6) is 0 Å².